The molecule has 0 aliphatic heterocycles. The lowest BCUT2D eigenvalue weighted by Crippen LogP contribution is -2.17. The highest BCUT2D eigenvalue weighted by molar-refractivity contribution is 5.95. The Morgan fingerprint density at radius 2 is 1.95 bits per heavy atom. The fraction of sp³-hybridized carbons (Fsp3) is 0.438. The van der Waals surface area contributed by atoms with E-state index in [0.717, 1.165) is 17.7 Å². The summed E-state index contributed by atoms with van der Waals surface area (Å²) < 4.78 is 26.4. The molecule has 0 radical (unpaired) electrons. The van der Waals surface area contributed by atoms with E-state index in [2.05, 4.69) is 11.4 Å². The smallest absolute Gasteiger partial charge is 0.228 e. The van der Waals surface area contributed by atoms with Crippen molar-refractivity contribution in [3.63, 3.8) is 0 Å². The Balaban J connectivity index is 2.12. The van der Waals surface area contributed by atoms with E-state index in [1.807, 2.05) is 27.7 Å². The minimum absolute atomic E-state index is 0.0232. The maximum Gasteiger partial charge on any atom is 0.228 e. The number of carbonyl (C=O) groups is 1. The number of amides is 1. The molecule has 1 aliphatic carbocycles. The maximum absolute atomic E-state index is 13.5. The van der Waals surface area contributed by atoms with Crippen molar-refractivity contribution in [2.24, 2.45) is 17.3 Å². The number of hydrogen-bond acceptors (Lipinski definition) is 1. The third kappa shape index (κ3) is 2.74. The van der Waals surface area contributed by atoms with Crippen molar-refractivity contribution in [3.8, 4) is 0 Å². The highest BCUT2D eigenvalue weighted by Gasteiger charge is 2.60. The van der Waals surface area contributed by atoms with Gasteiger partial charge in [0, 0.05) is 6.07 Å². The molecule has 0 unspecified atom stereocenters. The zero-order chi connectivity index (χ0) is 15.1. The predicted molar refractivity (Wildman–Crippen MR) is 75.2 cm³/mol. The van der Waals surface area contributed by atoms with Crippen molar-refractivity contribution in [3.05, 3.63) is 41.5 Å². The van der Waals surface area contributed by atoms with Crippen LogP contribution in [0.1, 0.15) is 27.7 Å². The Labute approximate surface area is 117 Å². The van der Waals surface area contributed by atoms with Crippen molar-refractivity contribution in [1.82, 2.24) is 0 Å². The first-order valence-corrected chi connectivity index (χ1v) is 6.64. The summed E-state index contributed by atoms with van der Waals surface area (Å²) in [6.45, 7) is 8.01. The van der Waals surface area contributed by atoms with Crippen LogP contribution < -0.4 is 5.32 Å². The number of halogens is 2. The molecule has 1 amide bonds. The fourth-order valence-corrected chi connectivity index (χ4v) is 2.65. The number of benzene rings is 1. The van der Waals surface area contributed by atoms with Gasteiger partial charge in [-0.25, -0.2) is 8.78 Å². The van der Waals surface area contributed by atoms with Gasteiger partial charge in [-0.15, -0.1) is 0 Å². The largest absolute Gasteiger partial charge is 0.323 e. The molecule has 2 rings (SSSR count). The summed E-state index contributed by atoms with van der Waals surface area (Å²) in [7, 11) is 0. The quantitative estimate of drug-likeness (QED) is 0.828. The lowest BCUT2D eigenvalue weighted by Gasteiger charge is -2.07. The summed E-state index contributed by atoms with van der Waals surface area (Å²) in [5, 5.41) is 2.55. The molecule has 0 aromatic heterocycles. The summed E-state index contributed by atoms with van der Waals surface area (Å²) in [4.78, 5) is 12.2. The second kappa shape index (κ2) is 5.00. The van der Waals surface area contributed by atoms with Crippen LogP contribution in [0.25, 0.3) is 0 Å². The molecule has 20 heavy (non-hydrogen) atoms. The Morgan fingerprint density at radius 1 is 1.30 bits per heavy atom. The van der Waals surface area contributed by atoms with Gasteiger partial charge in [0.1, 0.15) is 11.6 Å². The second-order valence-electron chi connectivity index (χ2n) is 6.18. The highest BCUT2D eigenvalue weighted by Crippen LogP contribution is 2.59. The summed E-state index contributed by atoms with van der Waals surface area (Å²) >= 11 is 0. The number of carbonyl (C=O) groups excluding carboxylic acids is 1. The first kappa shape index (κ1) is 14.7. The van der Waals surface area contributed by atoms with Gasteiger partial charge >= 0.3 is 0 Å². The minimum atomic E-state index is -0.754. The van der Waals surface area contributed by atoms with E-state index in [-0.39, 0.29) is 28.8 Å². The number of allylic oxidation sites excluding steroid dienone is 2. The summed E-state index contributed by atoms with van der Waals surface area (Å²) in [6.07, 6.45) is 2.07. The SMILES string of the molecule is CC(C)=C[C@H]1[C@H](C(=O)Nc2ccc(F)cc2F)C1(C)C. The van der Waals surface area contributed by atoms with Crippen molar-refractivity contribution in [2.45, 2.75) is 27.7 Å². The molecule has 0 spiro atoms. The molecule has 0 bridgehead atoms. The first-order chi connectivity index (χ1) is 9.23. The Morgan fingerprint density at radius 3 is 2.50 bits per heavy atom. The first-order valence-electron chi connectivity index (χ1n) is 6.64. The lowest BCUT2D eigenvalue weighted by atomic mass is 10.1. The molecule has 4 heteroatoms. The average Bonchev–Trinajstić information content (AvgIpc) is 2.83. The van der Waals surface area contributed by atoms with Crippen molar-refractivity contribution < 1.29 is 13.6 Å². The Kier molecular flexibility index (Phi) is 3.67. The summed E-state index contributed by atoms with van der Waals surface area (Å²) in [5.41, 5.74) is 1.05. The van der Waals surface area contributed by atoms with Gasteiger partial charge < -0.3 is 5.32 Å². The second-order valence-corrected chi connectivity index (χ2v) is 6.18. The van der Waals surface area contributed by atoms with Gasteiger partial charge in [0.15, 0.2) is 0 Å². The van der Waals surface area contributed by atoms with Crippen LogP contribution in [0.2, 0.25) is 0 Å². The van der Waals surface area contributed by atoms with E-state index in [4.69, 9.17) is 0 Å². The van der Waals surface area contributed by atoms with E-state index >= 15 is 0 Å². The molecule has 1 aliphatic rings. The molecule has 2 atom stereocenters. The Hall–Kier alpha value is -1.71. The molecule has 1 saturated carbocycles. The lowest BCUT2D eigenvalue weighted by molar-refractivity contribution is -0.118. The zero-order valence-corrected chi connectivity index (χ0v) is 12.1. The van der Waals surface area contributed by atoms with Gasteiger partial charge in [0.05, 0.1) is 11.6 Å². The molecular weight excluding hydrogens is 260 g/mol. The molecule has 2 nitrogen and oxygen atoms in total. The fourth-order valence-electron chi connectivity index (χ4n) is 2.65. The van der Waals surface area contributed by atoms with Crippen LogP contribution in [0, 0.1) is 28.9 Å². The van der Waals surface area contributed by atoms with E-state index in [0.29, 0.717) is 0 Å². The van der Waals surface area contributed by atoms with E-state index < -0.39 is 11.6 Å². The van der Waals surface area contributed by atoms with Gasteiger partial charge in [-0.3, -0.25) is 4.79 Å². The average molecular weight is 279 g/mol. The summed E-state index contributed by atoms with van der Waals surface area (Å²) in [5.74, 6) is -1.65. The molecule has 1 aromatic carbocycles. The van der Waals surface area contributed by atoms with Crippen LogP contribution in [-0.2, 0) is 4.79 Å². The normalized spacial score (nSPS) is 23.1. The number of hydrogen-bond donors (Lipinski definition) is 1. The molecule has 1 aromatic rings. The van der Waals surface area contributed by atoms with E-state index in [9.17, 15) is 13.6 Å². The van der Waals surface area contributed by atoms with Crippen LogP contribution in [0.15, 0.2) is 29.8 Å². The van der Waals surface area contributed by atoms with Crippen molar-refractivity contribution >= 4 is 11.6 Å². The van der Waals surface area contributed by atoms with Crippen molar-refractivity contribution in [2.75, 3.05) is 5.32 Å². The number of rotatable bonds is 3. The monoisotopic (exact) mass is 279 g/mol. The molecule has 1 N–H and O–H groups in total. The van der Waals surface area contributed by atoms with E-state index in [1.54, 1.807) is 0 Å². The number of anilines is 1. The molecule has 1 fully saturated rings. The van der Waals surface area contributed by atoms with Gasteiger partial charge in [0.25, 0.3) is 0 Å². The van der Waals surface area contributed by atoms with Crippen LogP contribution >= 0.6 is 0 Å². The molecule has 0 heterocycles. The highest BCUT2D eigenvalue weighted by atomic mass is 19.1. The van der Waals surface area contributed by atoms with Gasteiger partial charge in [-0.05, 0) is 37.3 Å². The van der Waals surface area contributed by atoms with Gasteiger partial charge in [0.2, 0.25) is 5.91 Å². The zero-order valence-electron chi connectivity index (χ0n) is 12.1. The maximum atomic E-state index is 13.5. The van der Waals surface area contributed by atoms with Gasteiger partial charge in [-0.1, -0.05) is 25.5 Å². The predicted octanol–water partition coefficient (Wildman–Crippen LogP) is 4.14. The van der Waals surface area contributed by atoms with Crippen LogP contribution in [0.4, 0.5) is 14.5 Å². The van der Waals surface area contributed by atoms with Crippen LogP contribution in [-0.4, -0.2) is 5.91 Å². The van der Waals surface area contributed by atoms with E-state index in [1.165, 1.54) is 6.07 Å². The summed E-state index contributed by atoms with van der Waals surface area (Å²) in [6, 6.07) is 3.14. The minimum Gasteiger partial charge on any atom is -0.323 e. The third-order valence-corrected chi connectivity index (χ3v) is 3.90. The number of nitrogens with one attached hydrogen (secondary N) is 1. The van der Waals surface area contributed by atoms with Crippen molar-refractivity contribution in [1.29, 1.82) is 0 Å². The van der Waals surface area contributed by atoms with Crippen LogP contribution in [0.5, 0.6) is 0 Å². The molecular formula is C16H19F2NO. The molecule has 0 saturated heterocycles. The third-order valence-electron chi connectivity index (χ3n) is 3.90. The van der Waals surface area contributed by atoms with Gasteiger partial charge in [-0.2, -0.15) is 0 Å². The Bertz CT molecular complexity index is 574. The standard InChI is InChI=1S/C16H19F2NO/c1-9(2)7-11-14(16(11,3)4)15(20)19-13-6-5-10(17)8-12(13)18/h5-8,11,14H,1-4H3,(H,19,20)/t11-,14+/m0/s1. The molecule has 108 valence electrons. The topological polar surface area (TPSA) is 29.1 Å². The van der Waals surface area contributed by atoms with Crippen LogP contribution in [0.3, 0.4) is 0 Å².